The number of aromatic nitrogens is 2. The number of fused-ring (bicyclic) bond motifs is 4. The van der Waals surface area contributed by atoms with E-state index in [1.165, 1.54) is 11.1 Å². The van der Waals surface area contributed by atoms with Crippen LogP contribution in [0, 0.1) is 25.7 Å². The predicted octanol–water partition coefficient (Wildman–Crippen LogP) is 20.2. The predicted molar refractivity (Wildman–Crippen MR) is 334 cm³/mol. The van der Waals surface area contributed by atoms with Crippen LogP contribution in [0.3, 0.4) is 0 Å². The normalized spacial score (nSPS) is 13.7. The molecule has 0 saturated carbocycles. The summed E-state index contributed by atoms with van der Waals surface area (Å²) in [7, 11) is 0. The van der Waals surface area contributed by atoms with Gasteiger partial charge in [-0.2, -0.15) is 12.1 Å². The molecule has 1 aliphatic heterocycles. The van der Waals surface area contributed by atoms with Gasteiger partial charge in [-0.25, -0.2) is 4.98 Å². The molecular weight excluding hydrogens is 1170 g/mol. The van der Waals surface area contributed by atoms with Gasteiger partial charge in [-0.3, -0.25) is 0 Å². The van der Waals surface area contributed by atoms with Gasteiger partial charge in [0.05, 0.1) is 0 Å². The molecule has 3 heterocycles. The molecule has 81 heavy (non-hydrogen) atoms. The maximum absolute atomic E-state index is 9.53. The summed E-state index contributed by atoms with van der Waals surface area (Å²) in [5.41, 5.74) is 16.1. The van der Waals surface area contributed by atoms with Crippen molar-refractivity contribution in [1.29, 1.82) is 0 Å². The molecule has 0 spiro atoms. The van der Waals surface area contributed by atoms with Gasteiger partial charge in [-0.05, 0) is 112 Å². The number of rotatable bonds is 10. The van der Waals surface area contributed by atoms with Crippen LogP contribution in [0.5, 0.6) is 11.5 Å². The van der Waals surface area contributed by atoms with E-state index in [9.17, 15) is 4.11 Å². The molecule has 0 unspecified atom stereocenters. The number of benzene rings is 10. The van der Waals surface area contributed by atoms with Gasteiger partial charge < -0.3 is 19.1 Å². The van der Waals surface area contributed by atoms with Gasteiger partial charge in [0.1, 0.15) is 5.82 Å². The van der Waals surface area contributed by atoms with Crippen molar-refractivity contribution >= 4 is 44.6 Å². The first-order valence-electron chi connectivity index (χ1n) is 30.1. The number of ether oxygens (including phenoxy) is 1. The number of para-hydroxylation sites is 3. The minimum Gasteiger partial charge on any atom is -0.509 e. The molecule has 13 rings (SSSR count). The van der Waals surface area contributed by atoms with Crippen molar-refractivity contribution in [2.75, 3.05) is 9.80 Å². The first kappa shape index (κ1) is 46.0. The Hall–Kier alpha value is -8.76. The van der Waals surface area contributed by atoms with E-state index in [1.54, 1.807) is 18.3 Å². The number of nitrogens with zero attached hydrogens (tertiary/aromatic N) is 4. The second-order valence-corrected chi connectivity index (χ2v) is 22.5. The quantitative estimate of drug-likeness (QED) is 0.128. The Morgan fingerprint density at radius 1 is 0.494 bits per heavy atom. The largest absolute Gasteiger partial charge is 0.509 e. The maximum atomic E-state index is 9.53. The fourth-order valence-electron chi connectivity index (χ4n) is 11.0. The van der Waals surface area contributed by atoms with Crippen LogP contribution in [0.15, 0.2) is 237 Å². The zero-order valence-corrected chi connectivity index (χ0v) is 48.1. The molecule has 0 bridgehead atoms. The Morgan fingerprint density at radius 3 is 1.75 bits per heavy atom. The minimum atomic E-state index is -2.48. The zero-order chi connectivity index (χ0) is 59.8. The molecule has 1 aliphatic rings. The molecule has 0 amide bonds. The molecule has 0 fully saturated rings. The topological polar surface area (TPSA) is 33.5 Å². The van der Waals surface area contributed by atoms with Crippen LogP contribution in [0.1, 0.15) is 66.5 Å². The molecule has 0 N–H and O–H groups in total. The number of hydrogen-bond acceptors (Lipinski definition) is 4. The SMILES string of the molecule is [2H]c1c(Oc2[c-]c3c(cc2)c2cc(-c4ccc(C(C)(C)C)cc4)ccc2n3-c2cc(C([2H])([2H])[2H])c(-c3ccccc3)cn2)[c-]c(N2[CH-]N(c3c(-c4ccc(C(C)(C)C)cc4)cccc3-c3cccc(-c4ccccc4)c3)c3ccccc32)c([2H])c1[2H].[Pt]. The van der Waals surface area contributed by atoms with Crippen LogP contribution in [-0.4, -0.2) is 9.55 Å². The summed E-state index contributed by atoms with van der Waals surface area (Å²) in [6.45, 7) is 12.7. The number of aryl methyl sites for hydroxylation is 1. The van der Waals surface area contributed by atoms with Gasteiger partial charge >= 0.3 is 0 Å². The van der Waals surface area contributed by atoms with Crippen LogP contribution in [0.4, 0.5) is 22.7 Å². The first-order valence-corrected chi connectivity index (χ1v) is 27.1. The Morgan fingerprint density at radius 2 is 1.06 bits per heavy atom. The summed E-state index contributed by atoms with van der Waals surface area (Å²) in [4.78, 5) is 8.98. The van der Waals surface area contributed by atoms with Crippen molar-refractivity contribution in [3.63, 3.8) is 0 Å². The smallest absolute Gasteiger partial charge is 0.135 e. The fraction of sp³-hybridized carbons (Fsp3) is 0.120. The summed E-state index contributed by atoms with van der Waals surface area (Å²) >= 11 is 0. The molecule has 0 atom stereocenters. The Balaban J connectivity index is 0.00000739. The van der Waals surface area contributed by atoms with Crippen molar-refractivity contribution in [3.8, 4) is 73.0 Å². The molecule has 400 valence electrons. The van der Waals surface area contributed by atoms with E-state index in [1.807, 2.05) is 95.0 Å². The summed E-state index contributed by atoms with van der Waals surface area (Å²) in [5.74, 6) is 0.514. The van der Waals surface area contributed by atoms with Gasteiger partial charge in [-0.1, -0.05) is 217 Å². The van der Waals surface area contributed by atoms with E-state index < -0.39 is 6.85 Å². The molecule has 6 heteroatoms. The van der Waals surface area contributed by atoms with Crippen LogP contribution in [0.25, 0.3) is 83.3 Å². The van der Waals surface area contributed by atoms with E-state index in [0.29, 0.717) is 16.9 Å². The second-order valence-electron chi connectivity index (χ2n) is 22.5. The zero-order valence-electron chi connectivity index (χ0n) is 51.9. The van der Waals surface area contributed by atoms with E-state index in [0.717, 1.165) is 83.4 Å². The third kappa shape index (κ3) is 10.2. The molecular formula is C75H61N4OPt-3. The van der Waals surface area contributed by atoms with Crippen molar-refractivity contribution in [1.82, 2.24) is 9.55 Å². The fourth-order valence-corrected chi connectivity index (χ4v) is 11.0. The molecule has 2 aromatic heterocycles. The average Bonchev–Trinajstić information content (AvgIpc) is 1.87. The monoisotopic (exact) mass is 1230 g/mol. The number of anilines is 4. The van der Waals surface area contributed by atoms with E-state index in [2.05, 4.69) is 180 Å². The standard InChI is InChI=1S/C75H61N4O.Pt/c1-50-43-72(76-48-67(50)53-21-12-9-13-22-53)79-68-42-35-56(52-31-36-58(37-32-52)74(2,3)4)45-66(68)65-41-40-62(47-71(65)79)80-61-26-17-25-60(46-61)77-49-78(70-30-15-14-29-69(70)77)73-63(54-33-38-59(39-34-54)75(5,6)7)27-18-28-64(73)57-24-16-23-55(44-57)51-19-10-8-11-20-51;/h8-45,48-49H,1-7H3;/q-3;/i1D3,17D,25D,26D;. The number of pyridine rings is 1. The minimum absolute atomic E-state index is 0. The third-order valence-electron chi connectivity index (χ3n) is 15.2. The Labute approximate surface area is 499 Å². The molecule has 12 aromatic rings. The van der Waals surface area contributed by atoms with E-state index in [-0.39, 0.29) is 72.8 Å². The van der Waals surface area contributed by atoms with Crippen molar-refractivity contribution in [3.05, 3.63) is 272 Å². The average molecular weight is 1240 g/mol. The Bertz CT molecular complexity index is 4570. The van der Waals surface area contributed by atoms with Gasteiger partial charge in [0.15, 0.2) is 0 Å². The van der Waals surface area contributed by atoms with E-state index >= 15 is 0 Å². The van der Waals surface area contributed by atoms with Gasteiger partial charge in [-0.15, -0.1) is 48.0 Å². The Kier molecular flexibility index (Phi) is 12.1. The maximum Gasteiger partial charge on any atom is 0.135 e. The summed E-state index contributed by atoms with van der Waals surface area (Å²) in [6.07, 6.45) is 1.62. The third-order valence-corrected chi connectivity index (χ3v) is 15.2. The summed E-state index contributed by atoms with van der Waals surface area (Å²) in [6, 6.07) is 77.7. The van der Waals surface area contributed by atoms with E-state index in [4.69, 9.17) is 13.8 Å². The molecule has 0 aliphatic carbocycles. The first-order chi connectivity index (χ1) is 41.3. The second kappa shape index (κ2) is 21.4. The molecule has 0 saturated heterocycles. The van der Waals surface area contributed by atoms with Crippen molar-refractivity contribution in [2.45, 2.75) is 59.2 Å². The molecule has 0 radical (unpaired) electrons. The van der Waals surface area contributed by atoms with Crippen molar-refractivity contribution in [2.24, 2.45) is 0 Å². The van der Waals surface area contributed by atoms with Crippen LogP contribution >= 0.6 is 0 Å². The van der Waals surface area contributed by atoms with Gasteiger partial charge in [0.25, 0.3) is 0 Å². The summed E-state index contributed by atoms with van der Waals surface area (Å²) in [5, 5.41) is 1.69. The number of hydrogen-bond donors (Lipinski definition) is 0. The molecule has 10 aromatic carbocycles. The summed E-state index contributed by atoms with van der Waals surface area (Å²) < 4.78 is 63.0. The van der Waals surface area contributed by atoms with Gasteiger partial charge in [0.2, 0.25) is 0 Å². The van der Waals surface area contributed by atoms with Crippen LogP contribution in [0.2, 0.25) is 0 Å². The van der Waals surface area contributed by atoms with Gasteiger partial charge in [0, 0.05) is 83.5 Å². The molecule has 5 nitrogen and oxygen atoms in total. The van der Waals surface area contributed by atoms with Crippen LogP contribution in [-0.2, 0) is 31.9 Å². The van der Waals surface area contributed by atoms with Crippen LogP contribution < -0.4 is 14.5 Å². The van der Waals surface area contributed by atoms with Crippen molar-refractivity contribution < 1.29 is 34.0 Å².